The fraction of sp³-hybridized carbons (Fsp3) is 0.294. The zero-order valence-electron chi connectivity index (χ0n) is 25.7. The second-order valence-electron chi connectivity index (χ2n) is 11.3. The maximum Gasteiger partial charge on any atom is 0.311 e. The first kappa shape index (κ1) is 35.0. The Morgan fingerprint density at radius 3 is 1.43 bits per heavy atom. The predicted molar refractivity (Wildman–Crippen MR) is 186 cm³/mol. The molecule has 4 aromatic rings. The van der Waals surface area contributed by atoms with Gasteiger partial charge in [0.2, 0.25) is 11.5 Å². The van der Waals surface area contributed by atoms with Gasteiger partial charge in [-0.2, -0.15) is 0 Å². The normalized spacial score (nSPS) is 17.2. The summed E-state index contributed by atoms with van der Waals surface area (Å²) in [6.07, 6.45) is 2.59. The van der Waals surface area contributed by atoms with Gasteiger partial charge in [0.25, 0.3) is 0 Å². The molecule has 0 N–H and O–H groups in total. The summed E-state index contributed by atoms with van der Waals surface area (Å²) < 4.78 is 30.3. The summed E-state index contributed by atoms with van der Waals surface area (Å²) in [6.45, 7) is 1.19. The summed E-state index contributed by atoms with van der Waals surface area (Å²) >= 11 is 25.8. The van der Waals surface area contributed by atoms with Gasteiger partial charge in [0.15, 0.2) is 0 Å². The summed E-state index contributed by atoms with van der Waals surface area (Å²) in [7, 11) is 0. The monoisotopic (exact) mass is 748 g/mol. The van der Waals surface area contributed by atoms with Crippen molar-refractivity contribution in [3.63, 3.8) is 0 Å². The van der Waals surface area contributed by atoms with Crippen molar-refractivity contribution in [2.45, 2.75) is 37.9 Å². The van der Waals surface area contributed by atoms with Crippen LogP contribution in [0.3, 0.4) is 0 Å². The van der Waals surface area contributed by atoms with Crippen LogP contribution in [0.5, 0.6) is 23.0 Å². The summed E-state index contributed by atoms with van der Waals surface area (Å²) in [5.41, 5.74) is 0.294. The first-order valence-electron chi connectivity index (χ1n) is 15.3. The van der Waals surface area contributed by atoms with Gasteiger partial charge in [0.05, 0.1) is 43.2 Å². The lowest BCUT2D eigenvalue weighted by Crippen LogP contribution is -2.17. The number of hydrogen-bond donors (Lipinski definition) is 0. The molecule has 0 amide bonds. The van der Waals surface area contributed by atoms with Gasteiger partial charge in [0, 0.05) is 46.5 Å². The van der Waals surface area contributed by atoms with Crippen LogP contribution in [0.4, 0.5) is 11.4 Å². The van der Waals surface area contributed by atoms with Crippen LogP contribution >= 0.6 is 46.4 Å². The van der Waals surface area contributed by atoms with Gasteiger partial charge in [0.1, 0.15) is 24.7 Å². The van der Waals surface area contributed by atoms with Gasteiger partial charge in [-0.25, -0.2) is 0 Å². The molecule has 2 atom stereocenters. The van der Waals surface area contributed by atoms with Crippen LogP contribution in [0, 0.1) is 20.2 Å². The third kappa shape index (κ3) is 7.82. The van der Waals surface area contributed by atoms with Crippen LogP contribution < -0.4 is 14.2 Å². The van der Waals surface area contributed by atoms with Crippen molar-refractivity contribution in [2.24, 2.45) is 0 Å². The number of nitro groups is 2. The van der Waals surface area contributed by atoms with Gasteiger partial charge in [-0.1, -0.05) is 58.5 Å². The molecule has 256 valence electrons. The van der Waals surface area contributed by atoms with E-state index in [1.807, 2.05) is 0 Å². The van der Waals surface area contributed by atoms with Crippen LogP contribution in [-0.4, -0.2) is 48.5 Å². The molecule has 2 fully saturated rings. The third-order valence-electron chi connectivity index (χ3n) is 8.09. The molecule has 6 rings (SSSR count). The zero-order valence-corrected chi connectivity index (χ0v) is 28.7. The van der Waals surface area contributed by atoms with Crippen LogP contribution in [0.25, 0.3) is 22.3 Å². The van der Waals surface area contributed by atoms with E-state index < -0.39 is 9.85 Å². The lowest BCUT2D eigenvalue weighted by Gasteiger charge is -2.21. The molecule has 0 spiro atoms. The van der Waals surface area contributed by atoms with E-state index >= 15 is 0 Å². The topological polar surface area (TPSA) is 132 Å². The third-order valence-corrected chi connectivity index (χ3v) is 9.18. The SMILES string of the molecule is O=[N+]([O-])c1ccc(Oc2ccc([N+](=O)[O-])c(OCC3CCCO3)c2-c2ccc(Cl)cc2Cl)c(-c2ccc(Cl)cc2Cl)c1OCC1CCCO1. The Morgan fingerprint density at radius 1 is 0.653 bits per heavy atom. The zero-order chi connectivity index (χ0) is 34.7. The molecular formula is C34H28Cl4N2O9. The minimum Gasteiger partial charge on any atom is -0.484 e. The number of nitro benzene ring substituents is 2. The molecule has 2 aliphatic rings. The fourth-order valence-electron chi connectivity index (χ4n) is 5.77. The lowest BCUT2D eigenvalue weighted by atomic mass is 10.0. The number of hydrogen-bond acceptors (Lipinski definition) is 9. The van der Waals surface area contributed by atoms with Crippen molar-refractivity contribution < 1.29 is 33.5 Å². The van der Waals surface area contributed by atoms with E-state index in [1.54, 1.807) is 24.3 Å². The van der Waals surface area contributed by atoms with Gasteiger partial charge in [-0.3, -0.25) is 20.2 Å². The molecule has 0 radical (unpaired) electrons. The standard InChI is InChI=1S/C34H28Cl4N2O9/c35-19-5-7-23(25(37)15-19)31-29(11-9-27(39(41)42)33(31)47-17-21-3-1-13-45-21)49-30-12-10-28(40(43)44)34(48-18-22-4-2-14-46-22)32(30)24-8-6-20(36)16-26(24)38/h5-12,15-16,21-22H,1-4,13-14,17-18H2. The molecule has 0 aromatic heterocycles. The maximum absolute atomic E-state index is 12.3. The highest BCUT2D eigenvalue weighted by molar-refractivity contribution is 6.37. The Labute approximate surface area is 300 Å². The molecule has 2 saturated heterocycles. The van der Waals surface area contributed by atoms with Crippen molar-refractivity contribution >= 4 is 57.8 Å². The molecular weight excluding hydrogens is 722 g/mol. The van der Waals surface area contributed by atoms with Gasteiger partial charge < -0.3 is 23.7 Å². The van der Waals surface area contributed by atoms with Crippen molar-refractivity contribution in [3.05, 3.63) is 101 Å². The van der Waals surface area contributed by atoms with Gasteiger partial charge in [-0.05, 0) is 62.1 Å². The minimum atomic E-state index is -0.566. The highest BCUT2D eigenvalue weighted by Crippen LogP contribution is 2.52. The molecule has 0 saturated carbocycles. The second kappa shape index (κ2) is 15.4. The average molecular weight is 750 g/mol. The van der Waals surface area contributed by atoms with E-state index in [2.05, 4.69) is 0 Å². The summed E-state index contributed by atoms with van der Waals surface area (Å²) in [5, 5.41) is 25.7. The number of rotatable bonds is 12. The first-order valence-corrected chi connectivity index (χ1v) is 16.8. The van der Waals surface area contributed by atoms with Crippen molar-refractivity contribution in [1.82, 2.24) is 0 Å². The fourth-order valence-corrected chi connectivity index (χ4v) is 6.78. The van der Waals surface area contributed by atoms with Crippen LogP contribution in [0.15, 0.2) is 60.7 Å². The van der Waals surface area contributed by atoms with E-state index in [4.69, 9.17) is 70.1 Å². The maximum atomic E-state index is 12.3. The molecule has 15 heteroatoms. The second-order valence-corrected chi connectivity index (χ2v) is 13.0. The molecule has 0 aliphatic carbocycles. The average Bonchev–Trinajstić information content (AvgIpc) is 3.78. The van der Waals surface area contributed by atoms with E-state index in [0.717, 1.165) is 25.7 Å². The Balaban J connectivity index is 1.55. The number of nitrogens with zero attached hydrogens (tertiary/aromatic N) is 2. The Hall–Kier alpha value is -3.84. The molecule has 49 heavy (non-hydrogen) atoms. The Bertz CT molecular complexity index is 1760. The van der Waals surface area contributed by atoms with Gasteiger partial charge >= 0.3 is 11.4 Å². The summed E-state index contributed by atoms with van der Waals surface area (Å²) in [5.74, 6) is -0.0417. The summed E-state index contributed by atoms with van der Waals surface area (Å²) in [4.78, 5) is 23.5. The van der Waals surface area contributed by atoms with E-state index in [0.29, 0.717) is 34.4 Å². The highest BCUT2D eigenvalue weighted by atomic mass is 35.5. The van der Waals surface area contributed by atoms with Crippen LogP contribution in [-0.2, 0) is 9.47 Å². The predicted octanol–water partition coefficient (Wildman–Crippen LogP) is 10.4. The van der Waals surface area contributed by atoms with E-state index in [9.17, 15) is 20.2 Å². The van der Waals surface area contributed by atoms with E-state index in [1.165, 1.54) is 36.4 Å². The smallest absolute Gasteiger partial charge is 0.311 e. The Morgan fingerprint density at radius 2 is 1.08 bits per heavy atom. The first-order chi connectivity index (χ1) is 23.6. The van der Waals surface area contributed by atoms with Gasteiger partial charge in [-0.15, -0.1) is 0 Å². The minimum absolute atomic E-state index is 0.0346. The number of halogens is 4. The highest BCUT2D eigenvalue weighted by Gasteiger charge is 2.32. The largest absolute Gasteiger partial charge is 0.484 e. The molecule has 2 aliphatic heterocycles. The number of ether oxygens (including phenoxy) is 5. The van der Waals surface area contributed by atoms with Crippen LogP contribution in [0.1, 0.15) is 25.7 Å². The van der Waals surface area contributed by atoms with Crippen molar-refractivity contribution in [1.29, 1.82) is 0 Å². The molecule has 2 unspecified atom stereocenters. The molecule has 11 nitrogen and oxygen atoms in total. The van der Waals surface area contributed by atoms with Crippen LogP contribution in [0.2, 0.25) is 20.1 Å². The molecule has 2 heterocycles. The molecule has 4 aromatic carbocycles. The lowest BCUT2D eigenvalue weighted by molar-refractivity contribution is -0.386. The number of benzene rings is 4. The van der Waals surface area contributed by atoms with Crippen molar-refractivity contribution in [3.8, 4) is 45.3 Å². The molecule has 0 bridgehead atoms. The summed E-state index contributed by atoms with van der Waals surface area (Å²) in [6, 6.07) is 14.6. The Kier molecular flexibility index (Phi) is 11.0. The van der Waals surface area contributed by atoms with Crippen molar-refractivity contribution in [2.75, 3.05) is 26.4 Å². The van der Waals surface area contributed by atoms with E-state index in [-0.39, 0.29) is 81.0 Å². The quantitative estimate of drug-likeness (QED) is 0.102.